The first-order chi connectivity index (χ1) is 11.1. The van der Waals surface area contributed by atoms with Gasteiger partial charge in [-0.3, -0.25) is 14.1 Å². The Kier molecular flexibility index (Phi) is 4.12. The number of nitrogens with zero attached hydrogens (tertiary/aromatic N) is 4. The van der Waals surface area contributed by atoms with E-state index in [0.29, 0.717) is 18.8 Å². The summed E-state index contributed by atoms with van der Waals surface area (Å²) in [4.78, 5) is 18.4. The van der Waals surface area contributed by atoms with Gasteiger partial charge in [-0.25, -0.2) is 4.98 Å². The lowest BCUT2D eigenvalue weighted by atomic mass is 10.3. The summed E-state index contributed by atoms with van der Waals surface area (Å²) in [5.41, 5.74) is 1.55. The lowest BCUT2D eigenvalue weighted by Gasteiger charge is -2.14. The highest BCUT2D eigenvalue weighted by Crippen LogP contribution is 2.14. The van der Waals surface area contributed by atoms with Crippen LogP contribution in [0, 0.1) is 0 Å². The maximum Gasteiger partial charge on any atom is 0.258 e. The summed E-state index contributed by atoms with van der Waals surface area (Å²) in [5.74, 6) is 0.752. The minimum atomic E-state index is -0.220. The van der Waals surface area contributed by atoms with Gasteiger partial charge in [0.1, 0.15) is 0 Å². The van der Waals surface area contributed by atoms with Crippen molar-refractivity contribution in [2.45, 2.75) is 26.4 Å². The van der Waals surface area contributed by atoms with E-state index in [1.807, 2.05) is 24.9 Å². The largest absolute Gasteiger partial charge is 0.504 e. The Labute approximate surface area is 132 Å². The SMILES string of the molecule is CCc1cc(CN(C)Cc2cc(=O)n3cccc(O)c3n2)on1. The van der Waals surface area contributed by atoms with E-state index < -0.39 is 0 Å². The lowest BCUT2D eigenvalue weighted by Crippen LogP contribution is -2.21. The summed E-state index contributed by atoms with van der Waals surface area (Å²) in [6.07, 6.45) is 2.41. The number of rotatable bonds is 5. The third-order valence-corrected chi connectivity index (χ3v) is 3.55. The first kappa shape index (κ1) is 15.2. The lowest BCUT2D eigenvalue weighted by molar-refractivity contribution is 0.263. The standard InChI is InChI=1S/C16H18N4O3/c1-3-11-7-13(23-18-11)10-19(2)9-12-8-15(22)20-6-4-5-14(21)16(20)17-12/h4-8,21H,3,9-10H2,1-2H3. The van der Waals surface area contributed by atoms with Gasteiger partial charge in [-0.1, -0.05) is 12.1 Å². The summed E-state index contributed by atoms with van der Waals surface area (Å²) >= 11 is 0. The predicted octanol–water partition coefficient (Wildman–Crippen LogP) is 1.58. The van der Waals surface area contributed by atoms with Crippen LogP contribution in [0.4, 0.5) is 0 Å². The Morgan fingerprint density at radius 1 is 1.30 bits per heavy atom. The van der Waals surface area contributed by atoms with Crippen LogP contribution in [0.2, 0.25) is 0 Å². The van der Waals surface area contributed by atoms with Crippen molar-refractivity contribution < 1.29 is 9.63 Å². The van der Waals surface area contributed by atoms with E-state index in [-0.39, 0.29) is 17.0 Å². The number of fused-ring (bicyclic) bond motifs is 1. The van der Waals surface area contributed by atoms with Gasteiger partial charge in [0.25, 0.3) is 5.56 Å². The molecule has 0 aliphatic carbocycles. The van der Waals surface area contributed by atoms with Crippen LogP contribution < -0.4 is 5.56 Å². The molecule has 0 amide bonds. The highest BCUT2D eigenvalue weighted by atomic mass is 16.5. The van der Waals surface area contributed by atoms with Gasteiger partial charge in [-0.05, 0) is 25.6 Å². The zero-order valence-electron chi connectivity index (χ0n) is 13.1. The second kappa shape index (κ2) is 6.21. The van der Waals surface area contributed by atoms with Crippen LogP contribution in [0.3, 0.4) is 0 Å². The molecule has 0 atom stereocenters. The summed E-state index contributed by atoms with van der Waals surface area (Å²) < 4.78 is 6.58. The van der Waals surface area contributed by atoms with Crippen LogP contribution in [-0.4, -0.2) is 31.6 Å². The Balaban J connectivity index is 1.80. The van der Waals surface area contributed by atoms with E-state index in [1.165, 1.54) is 16.5 Å². The molecule has 120 valence electrons. The Morgan fingerprint density at radius 3 is 2.87 bits per heavy atom. The fourth-order valence-electron chi connectivity index (χ4n) is 2.43. The Morgan fingerprint density at radius 2 is 2.13 bits per heavy atom. The van der Waals surface area contributed by atoms with Crippen LogP contribution in [0.15, 0.2) is 39.8 Å². The minimum absolute atomic E-state index is 0.0167. The van der Waals surface area contributed by atoms with Gasteiger partial charge in [0.05, 0.1) is 17.9 Å². The van der Waals surface area contributed by atoms with E-state index in [4.69, 9.17) is 4.52 Å². The number of aryl methyl sites for hydroxylation is 1. The van der Waals surface area contributed by atoms with E-state index in [1.54, 1.807) is 12.3 Å². The molecule has 1 N–H and O–H groups in total. The molecule has 0 fully saturated rings. The molecule has 3 aromatic heterocycles. The summed E-state index contributed by atoms with van der Waals surface area (Å²) in [5, 5.41) is 13.8. The number of aromatic hydroxyl groups is 1. The Hall–Kier alpha value is -2.67. The third kappa shape index (κ3) is 3.24. The van der Waals surface area contributed by atoms with Crippen molar-refractivity contribution in [2.24, 2.45) is 0 Å². The van der Waals surface area contributed by atoms with Gasteiger partial charge < -0.3 is 9.63 Å². The quantitative estimate of drug-likeness (QED) is 0.770. The average Bonchev–Trinajstić information content (AvgIpc) is 2.96. The zero-order valence-corrected chi connectivity index (χ0v) is 13.1. The number of hydrogen-bond donors (Lipinski definition) is 1. The fraction of sp³-hybridized carbons (Fsp3) is 0.312. The maximum absolute atomic E-state index is 12.1. The molecular weight excluding hydrogens is 296 g/mol. The molecule has 3 heterocycles. The van der Waals surface area contributed by atoms with Crippen molar-refractivity contribution in [3.63, 3.8) is 0 Å². The molecular formula is C16H18N4O3. The molecule has 7 heteroatoms. The Bertz CT molecular complexity index is 884. The molecule has 0 spiro atoms. The van der Waals surface area contributed by atoms with Gasteiger partial charge in [0, 0.05) is 24.9 Å². The molecule has 0 unspecified atom stereocenters. The van der Waals surface area contributed by atoms with Crippen LogP contribution >= 0.6 is 0 Å². The van der Waals surface area contributed by atoms with Crippen molar-refractivity contribution in [3.05, 3.63) is 58.0 Å². The van der Waals surface area contributed by atoms with Crippen LogP contribution in [-0.2, 0) is 19.5 Å². The van der Waals surface area contributed by atoms with E-state index in [2.05, 4.69) is 10.1 Å². The zero-order chi connectivity index (χ0) is 16.4. The van der Waals surface area contributed by atoms with Crippen molar-refractivity contribution in [2.75, 3.05) is 7.05 Å². The molecule has 3 aromatic rings. The maximum atomic E-state index is 12.1. The van der Waals surface area contributed by atoms with E-state index in [0.717, 1.165) is 17.9 Å². The van der Waals surface area contributed by atoms with Gasteiger partial charge in [-0.15, -0.1) is 0 Å². The average molecular weight is 314 g/mol. The first-order valence-corrected chi connectivity index (χ1v) is 7.40. The molecule has 0 saturated heterocycles. The molecule has 23 heavy (non-hydrogen) atoms. The van der Waals surface area contributed by atoms with Crippen molar-refractivity contribution >= 4 is 5.65 Å². The fourth-order valence-corrected chi connectivity index (χ4v) is 2.43. The third-order valence-electron chi connectivity index (χ3n) is 3.55. The molecule has 3 rings (SSSR count). The van der Waals surface area contributed by atoms with Crippen LogP contribution in [0.25, 0.3) is 5.65 Å². The van der Waals surface area contributed by atoms with Gasteiger partial charge in [0.15, 0.2) is 17.2 Å². The molecule has 0 saturated carbocycles. The summed E-state index contributed by atoms with van der Waals surface area (Å²) in [6.45, 7) is 3.04. The van der Waals surface area contributed by atoms with E-state index in [9.17, 15) is 9.90 Å². The van der Waals surface area contributed by atoms with E-state index >= 15 is 0 Å². The molecule has 7 nitrogen and oxygen atoms in total. The molecule has 0 radical (unpaired) electrons. The first-order valence-electron chi connectivity index (χ1n) is 7.40. The summed E-state index contributed by atoms with van der Waals surface area (Å²) in [6, 6.07) is 6.51. The van der Waals surface area contributed by atoms with Crippen molar-refractivity contribution in [1.29, 1.82) is 0 Å². The van der Waals surface area contributed by atoms with Gasteiger partial charge in [0.2, 0.25) is 0 Å². The normalized spacial score (nSPS) is 11.4. The highest BCUT2D eigenvalue weighted by Gasteiger charge is 2.10. The van der Waals surface area contributed by atoms with Gasteiger partial charge in [-0.2, -0.15) is 0 Å². The van der Waals surface area contributed by atoms with Gasteiger partial charge >= 0.3 is 0 Å². The molecule has 0 bridgehead atoms. The topological polar surface area (TPSA) is 83.9 Å². The van der Waals surface area contributed by atoms with Crippen molar-refractivity contribution in [3.8, 4) is 5.75 Å². The number of aromatic nitrogens is 3. The highest BCUT2D eigenvalue weighted by molar-refractivity contribution is 5.52. The smallest absolute Gasteiger partial charge is 0.258 e. The molecule has 0 aliphatic rings. The summed E-state index contributed by atoms with van der Waals surface area (Å²) in [7, 11) is 1.91. The molecule has 0 aliphatic heterocycles. The van der Waals surface area contributed by atoms with Crippen LogP contribution in [0.1, 0.15) is 24.1 Å². The molecule has 0 aromatic carbocycles. The predicted molar refractivity (Wildman–Crippen MR) is 84.2 cm³/mol. The number of hydrogen-bond acceptors (Lipinski definition) is 6. The monoisotopic (exact) mass is 314 g/mol. The second-order valence-electron chi connectivity index (χ2n) is 5.48. The minimum Gasteiger partial charge on any atom is -0.504 e. The second-order valence-corrected chi connectivity index (χ2v) is 5.48. The van der Waals surface area contributed by atoms with Crippen molar-refractivity contribution in [1.82, 2.24) is 19.4 Å². The number of pyridine rings is 1. The van der Waals surface area contributed by atoms with Crippen LogP contribution in [0.5, 0.6) is 5.75 Å².